The minimum absolute atomic E-state index is 0.362. The lowest BCUT2D eigenvalue weighted by Crippen LogP contribution is -2.32. The number of nitrogens with two attached hydrogens (primary N) is 1. The molecule has 0 spiro atoms. The highest BCUT2D eigenvalue weighted by molar-refractivity contribution is 5.11. The van der Waals surface area contributed by atoms with E-state index in [0.29, 0.717) is 12.0 Å². The molecule has 0 aromatic carbocycles. The van der Waals surface area contributed by atoms with Gasteiger partial charge in [0.15, 0.2) is 0 Å². The van der Waals surface area contributed by atoms with E-state index in [4.69, 9.17) is 10.2 Å². The largest absolute Gasteiger partial charge is 0.465 e. The molecule has 0 aliphatic carbocycles. The maximum Gasteiger partial charge on any atom is 0.121 e. The van der Waals surface area contributed by atoms with E-state index in [1.54, 1.807) is 0 Å². The van der Waals surface area contributed by atoms with Gasteiger partial charge in [-0.25, -0.2) is 0 Å². The number of aryl methyl sites for hydroxylation is 1. The maximum atomic E-state index is 5.90. The van der Waals surface area contributed by atoms with Crippen LogP contribution in [-0.2, 0) is 0 Å². The Balaban J connectivity index is 2.25. The molecule has 0 saturated carbocycles. The molecule has 1 fully saturated rings. The number of furan rings is 1. The predicted octanol–water partition coefficient (Wildman–Crippen LogP) is 2.32. The molecule has 2 atom stereocenters. The van der Waals surface area contributed by atoms with E-state index in [-0.39, 0.29) is 0 Å². The summed E-state index contributed by atoms with van der Waals surface area (Å²) in [5, 5.41) is 0. The zero-order valence-electron chi connectivity index (χ0n) is 10.3. The van der Waals surface area contributed by atoms with Gasteiger partial charge in [-0.05, 0) is 58.0 Å². The van der Waals surface area contributed by atoms with Gasteiger partial charge in [-0.1, -0.05) is 6.42 Å². The van der Waals surface area contributed by atoms with Gasteiger partial charge < -0.3 is 10.2 Å². The lowest BCUT2D eigenvalue weighted by Gasteiger charge is -2.29. The zero-order chi connectivity index (χ0) is 11.5. The Bertz CT molecular complexity index is 334. The van der Waals surface area contributed by atoms with Gasteiger partial charge >= 0.3 is 0 Å². The molecule has 1 aliphatic rings. The molecule has 3 nitrogen and oxygen atoms in total. The predicted molar refractivity (Wildman–Crippen MR) is 65.2 cm³/mol. The van der Waals surface area contributed by atoms with E-state index in [0.717, 1.165) is 24.6 Å². The third-order valence-corrected chi connectivity index (χ3v) is 3.61. The van der Waals surface area contributed by atoms with E-state index in [1.165, 1.54) is 19.3 Å². The third kappa shape index (κ3) is 2.30. The van der Waals surface area contributed by atoms with Crippen molar-refractivity contribution in [1.29, 1.82) is 0 Å². The quantitative estimate of drug-likeness (QED) is 0.835. The summed E-state index contributed by atoms with van der Waals surface area (Å²) in [6.07, 6.45) is 3.76. The third-order valence-electron chi connectivity index (χ3n) is 3.61. The van der Waals surface area contributed by atoms with Crippen LogP contribution in [0.3, 0.4) is 0 Å². The minimum Gasteiger partial charge on any atom is -0.465 e. The molecular formula is C13H22N2O. The van der Waals surface area contributed by atoms with Crippen molar-refractivity contribution < 1.29 is 4.42 Å². The monoisotopic (exact) mass is 222 g/mol. The standard InChI is InChI=1S/C13H22N2O/c1-10-6-7-12(16-10)13-11(9-14)5-3-4-8-15(13)2/h6-7,11,13H,3-5,8-9,14H2,1-2H3/t11-,13+/m1/s1. The highest BCUT2D eigenvalue weighted by Gasteiger charge is 2.30. The number of hydrogen-bond acceptors (Lipinski definition) is 3. The van der Waals surface area contributed by atoms with Crippen molar-refractivity contribution in [2.45, 2.75) is 32.2 Å². The summed E-state index contributed by atoms with van der Waals surface area (Å²) >= 11 is 0. The zero-order valence-corrected chi connectivity index (χ0v) is 10.3. The molecule has 2 heterocycles. The molecule has 1 aromatic rings. The van der Waals surface area contributed by atoms with E-state index in [9.17, 15) is 0 Å². The van der Waals surface area contributed by atoms with Crippen LogP contribution in [0.1, 0.15) is 36.8 Å². The van der Waals surface area contributed by atoms with E-state index >= 15 is 0 Å². The lowest BCUT2D eigenvalue weighted by molar-refractivity contribution is 0.167. The number of nitrogens with zero attached hydrogens (tertiary/aromatic N) is 1. The van der Waals surface area contributed by atoms with Gasteiger partial charge in [0.1, 0.15) is 11.5 Å². The fourth-order valence-electron chi connectivity index (χ4n) is 2.73. The molecule has 1 aliphatic heterocycles. The van der Waals surface area contributed by atoms with Crippen LogP contribution in [0.2, 0.25) is 0 Å². The number of likely N-dealkylation sites (tertiary alicyclic amines) is 1. The molecule has 1 saturated heterocycles. The first-order valence-corrected chi connectivity index (χ1v) is 6.19. The molecule has 0 amide bonds. The van der Waals surface area contributed by atoms with Gasteiger partial charge in [0, 0.05) is 0 Å². The first-order valence-electron chi connectivity index (χ1n) is 6.19. The second-order valence-electron chi connectivity index (χ2n) is 4.87. The van der Waals surface area contributed by atoms with Gasteiger partial charge in [0.25, 0.3) is 0 Å². The van der Waals surface area contributed by atoms with E-state index in [1.807, 2.05) is 13.0 Å². The van der Waals surface area contributed by atoms with Gasteiger partial charge in [-0.3, -0.25) is 4.90 Å². The minimum atomic E-state index is 0.362. The molecule has 1 aromatic heterocycles. The van der Waals surface area contributed by atoms with Crippen LogP contribution in [0.5, 0.6) is 0 Å². The Morgan fingerprint density at radius 3 is 2.88 bits per heavy atom. The summed E-state index contributed by atoms with van der Waals surface area (Å²) in [5.74, 6) is 2.60. The fraction of sp³-hybridized carbons (Fsp3) is 0.692. The molecule has 2 rings (SSSR count). The normalized spacial score (nSPS) is 27.9. The van der Waals surface area contributed by atoms with Gasteiger partial charge in [-0.2, -0.15) is 0 Å². The average molecular weight is 222 g/mol. The second-order valence-corrected chi connectivity index (χ2v) is 4.87. The Labute approximate surface area is 97.6 Å². The first-order chi connectivity index (χ1) is 7.72. The van der Waals surface area contributed by atoms with Crippen LogP contribution in [0, 0.1) is 12.8 Å². The Kier molecular flexibility index (Phi) is 3.66. The summed E-state index contributed by atoms with van der Waals surface area (Å²) in [6.45, 7) is 3.88. The second kappa shape index (κ2) is 5.02. The SMILES string of the molecule is Cc1ccc([C@@H]2[C@@H](CN)CCCCN2C)o1. The summed E-state index contributed by atoms with van der Waals surface area (Å²) in [4.78, 5) is 2.39. The maximum absolute atomic E-state index is 5.90. The van der Waals surface area contributed by atoms with E-state index < -0.39 is 0 Å². The van der Waals surface area contributed by atoms with Crippen molar-refractivity contribution in [3.63, 3.8) is 0 Å². The molecule has 0 radical (unpaired) electrons. The van der Waals surface area contributed by atoms with E-state index in [2.05, 4.69) is 18.0 Å². The summed E-state index contributed by atoms with van der Waals surface area (Å²) in [7, 11) is 2.18. The average Bonchev–Trinajstić information content (AvgIpc) is 2.59. The van der Waals surface area contributed by atoms with Gasteiger partial charge in [0.2, 0.25) is 0 Å². The fourth-order valence-corrected chi connectivity index (χ4v) is 2.73. The lowest BCUT2D eigenvalue weighted by atomic mass is 9.93. The number of hydrogen-bond donors (Lipinski definition) is 1. The first kappa shape index (κ1) is 11.7. The molecule has 3 heteroatoms. The van der Waals surface area contributed by atoms with Crippen molar-refractivity contribution in [3.8, 4) is 0 Å². The number of rotatable bonds is 2. The Hall–Kier alpha value is -0.800. The van der Waals surface area contributed by atoms with Crippen molar-refractivity contribution in [2.24, 2.45) is 11.7 Å². The summed E-state index contributed by atoms with van der Waals surface area (Å²) in [6, 6.07) is 4.51. The van der Waals surface area contributed by atoms with Crippen molar-refractivity contribution in [3.05, 3.63) is 23.7 Å². The highest BCUT2D eigenvalue weighted by atomic mass is 16.3. The van der Waals surface area contributed by atoms with Gasteiger partial charge in [-0.15, -0.1) is 0 Å². The molecule has 2 N–H and O–H groups in total. The smallest absolute Gasteiger partial charge is 0.121 e. The van der Waals surface area contributed by atoms with Crippen molar-refractivity contribution >= 4 is 0 Å². The van der Waals surface area contributed by atoms with Crippen LogP contribution < -0.4 is 5.73 Å². The van der Waals surface area contributed by atoms with Crippen LogP contribution in [-0.4, -0.2) is 25.0 Å². The summed E-state index contributed by atoms with van der Waals surface area (Å²) < 4.78 is 5.78. The highest BCUT2D eigenvalue weighted by Crippen LogP contribution is 2.34. The van der Waals surface area contributed by atoms with Crippen LogP contribution >= 0.6 is 0 Å². The Morgan fingerprint density at radius 2 is 2.25 bits per heavy atom. The van der Waals surface area contributed by atoms with Crippen molar-refractivity contribution in [2.75, 3.05) is 20.1 Å². The summed E-state index contributed by atoms with van der Waals surface area (Å²) in [5.41, 5.74) is 5.90. The topological polar surface area (TPSA) is 42.4 Å². The molecule has 0 bridgehead atoms. The molecule has 90 valence electrons. The molecule has 0 unspecified atom stereocenters. The van der Waals surface area contributed by atoms with Crippen LogP contribution in [0.4, 0.5) is 0 Å². The molecule has 16 heavy (non-hydrogen) atoms. The van der Waals surface area contributed by atoms with Crippen LogP contribution in [0.25, 0.3) is 0 Å². The molecular weight excluding hydrogens is 200 g/mol. The Morgan fingerprint density at radius 1 is 1.44 bits per heavy atom. The van der Waals surface area contributed by atoms with Crippen LogP contribution in [0.15, 0.2) is 16.5 Å². The van der Waals surface area contributed by atoms with Crippen molar-refractivity contribution in [1.82, 2.24) is 4.90 Å². The van der Waals surface area contributed by atoms with Gasteiger partial charge in [0.05, 0.1) is 6.04 Å².